The van der Waals surface area contributed by atoms with Crippen molar-refractivity contribution in [2.75, 3.05) is 13.1 Å². The normalized spacial score (nSPS) is 19.6. The van der Waals surface area contributed by atoms with Crippen LogP contribution in [0.25, 0.3) is 0 Å². The van der Waals surface area contributed by atoms with Gasteiger partial charge in [0.1, 0.15) is 5.69 Å². The number of rotatable bonds is 4. The molecule has 2 N–H and O–H groups in total. The molecule has 20 heavy (non-hydrogen) atoms. The molecule has 1 fully saturated rings. The van der Waals surface area contributed by atoms with E-state index in [1.807, 2.05) is 6.20 Å². The fraction of sp³-hybridized carbons (Fsp3) is 0.615. The zero-order chi connectivity index (χ0) is 13.7. The molecule has 1 aromatic rings. The van der Waals surface area contributed by atoms with Crippen LogP contribution in [-0.4, -0.2) is 38.9 Å². The molecule has 1 aromatic heterocycles. The molecule has 0 radical (unpaired) electrons. The Labute approximate surface area is 137 Å². The van der Waals surface area contributed by atoms with Crippen LogP contribution < -0.4 is 5.73 Å². The molecule has 1 atom stereocenters. The van der Waals surface area contributed by atoms with E-state index in [0.717, 1.165) is 18.8 Å². The summed E-state index contributed by atoms with van der Waals surface area (Å²) in [5, 5.41) is 8.03. The Morgan fingerprint density at radius 3 is 3.15 bits per heavy atom. The second kappa shape index (κ2) is 8.23. The molecule has 0 saturated carbocycles. The Morgan fingerprint density at radius 1 is 1.65 bits per heavy atom. The molecular weight excluding hydrogens is 367 g/mol. The van der Waals surface area contributed by atoms with Crippen molar-refractivity contribution in [2.24, 2.45) is 16.6 Å². The molecule has 1 saturated heterocycles. The number of guanidine groups is 1. The summed E-state index contributed by atoms with van der Waals surface area (Å²) in [6.07, 6.45) is 6.12. The van der Waals surface area contributed by atoms with E-state index in [1.165, 1.54) is 12.8 Å². The number of aromatic nitrogens is 3. The largest absolute Gasteiger partial charge is 0.370 e. The molecule has 0 amide bonds. The van der Waals surface area contributed by atoms with Crippen molar-refractivity contribution in [3.8, 4) is 0 Å². The summed E-state index contributed by atoms with van der Waals surface area (Å²) in [5.74, 6) is 1.31. The highest BCUT2D eigenvalue weighted by molar-refractivity contribution is 14.0. The molecule has 7 heteroatoms. The minimum atomic E-state index is 0. The fourth-order valence-electron chi connectivity index (χ4n) is 2.29. The van der Waals surface area contributed by atoms with Crippen LogP contribution >= 0.6 is 24.0 Å². The number of hydrogen-bond acceptors (Lipinski definition) is 3. The molecule has 2 heterocycles. The summed E-state index contributed by atoms with van der Waals surface area (Å²) in [7, 11) is 0. The van der Waals surface area contributed by atoms with E-state index >= 15 is 0 Å². The predicted molar refractivity (Wildman–Crippen MR) is 90.9 cm³/mol. The van der Waals surface area contributed by atoms with Crippen LogP contribution in [-0.2, 0) is 13.1 Å². The molecule has 112 valence electrons. The summed E-state index contributed by atoms with van der Waals surface area (Å²) in [6.45, 7) is 9.06. The number of likely N-dealkylation sites (tertiary alicyclic amines) is 1. The Kier molecular flexibility index (Phi) is 6.97. The van der Waals surface area contributed by atoms with Crippen LogP contribution in [0.3, 0.4) is 0 Å². The topological polar surface area (TPSA) is 72.3 Å². The maximum atomic E-state index is 6.03. The van der Waals surface area contributed by atoms with Gasteiger partial charge in [0.25, 0.3) is 0 Å². The third-order valence-electron chi connectivity index (χ3n) is 3.29. The number of allylic oxidation sites excluding steroid dienone is 1. The van der Waals surface area contributed by atoms with E-state index in [0.29, 0.717) is 25.0 Å². The van der Waals surface area contributed by atoms with Crippen LogP contribution in [0, 0.1) is 5.92 Å². The lowest BCUT2D eigenvalue weighted by molar-refractivity contribution is 0.270. The summed E-state index contributed by atoms with van der Waals surface area (Å²) in [6, 6.07) is 0. The highest BCUT2D eigenvalue weighted by Gasteiger charge is 2.17. The van der Waals surface area contributed by atoms with Crippen LogP contribution in [0.15, 0.2) is 23.8 Å². The smallest absolute Gasteiger partial charge is 0.191 e. The van der Waals surface area contributed by atoms with Gasteiger partial charge in [-0.3, -0.25) is 0 Å². The number of hydrogen-bond donors (Lipinski definition) is 1. The van der Waals surface area contributed by atoms with Gasteiger partial charge in [-0.15, -0.1) is 35.7 Å². The molecule has 0 bridgehead atoms. The van der Waals surface area contributed by atoms with Gasteiger partial charge in [0, 0.05) is 13.1 Å². The molecule has 2 rings (SSSR count). The van der Waals surface area contributed by atoms with Crippen molar-refractivity contribution in [3.63, 3.8) is 0 Å². The molecule has 0 spiro atoms. The third kappa shape index (κ3) is 4.77. The lowest BCUT2D eigenvalue weighted by atomic mass is 10.0. The Balaban J connectivity index is 0.00000200. The Bertz CT molecular complexity index is 455. The number of halogens is 1. The molecule has 0 aromatic carbocycles. The second-order valence-electron chi connectivity index (χ2n) is 5.09. The van der Waals surface area contributed by atoms with E-state index in [-0.39, 0.29) is 24.0 Å². The van der Waals surface area contributed by atoms with E-state index in [2.05, 4.69) is 33.7 Å². The van der Waals surface area contributed by atoms with Crippen molar-refractivity contribution < 1.29 is 0 Å². The van der Waals surface area contributed by atoms with Crippen molar-refractivity contribution in [1.82, 2.24) is 19.9 Å². The average Bonchev–Trinajstić information content (AvgIpc) is 2.84. The van der Waals surface area contributed by atoms with Crippen molar-refractivity contribution in [1.29, 1.82) is 0 Å². The summed E-state index contributed by atoms with van der Waals surface area (Å²) < 4.78 is 1.73. The highest BCUT2D eigenvalue weighted by atomic mass is 127. The fourth-order valence-corrected chi connectivity index (χ4v) is 2.29. The van der Waals surface area contributed by atoms with Crippen LogP contribution in [0.1, 0.15) is 25.5 Å². The van der Waals surface area contributed by atoms with E-state index in [4.69, 9.17) is 5.73 Å². The SMILES string of the molecule is C=CCn1cc(CN=C(N)N2CCCC(C)C2)nn1.I. The quantitative estimate of drug-likeness (QED) is 0.367. The Hall–Kier alpha value is -1.12. The first-order chi connectivity index (χ1) is 9.19. The number of aliphatic imine (C=N–C) groups is 1. The lowest BCUT2D eigenvalue weighted by Crippen LogP contribution is -2.43. The first-order valence-electron chi connectivity index (χ1n) is 6.74. The maximum absolute atomic E-state index is 6.03. The van der Waals surface area contributed by atoms with E-state index in [9.17, 15) is 0 Å². The molecular formula is C13H23IN6. The van der Waals surface area contributed by atoms with Gasteiger partial charge < -0.3 is 10.6 Å². The first-order valence-corrected chi connectivity index (χ1v) is 6.74. The van der Waals surface area contributed by atoms with Gasteiger partial charge >= 0.3 is 0 Å². The summed E-state index contributed by atoms with van der Waals surface area (Å²) in [5.41, 5.74) is 6.86. The van der Waals surface area contributed by atoms with Gasteiger partial charge in [0.15, 0.2) is 5.96 Å². The summed E-state index contributed by atoms with van der Waals surface area (Å²) >= 11 is 0. The van der Waals surface area contributed by atoms with Crippen LogP contribution in [0.5, 0.6) is 0 Å². The number of piperidine rings is 1. The molecule has 0 aliphatic carbocycles. The average molecular weight is 390 g/mol. The minimum absolute atomic E-state index is 0. The van der Waals surface area contributed by atoms with E-state index in [1.54, 1.807) is 10.8 Å². The standard InChI is InChI=1S/C13H22N6.HI/c1-3-6-19-10-12(16-17-19)8-15-13(14)18-7-4-5-11(2)9-18;/h3,10-11H,1,4-9H2,2H3,(H2,14,15);1H. The van der Waals surface area contributed by atoms with Gasteiger partial charge in [0.2, 0.25) is 0 Å². The number of nitrogens with two attached hydrogens (primary N) is 1. The molecule has 1 unspecified atom stereocenters. The molecule has 1 aliphatic heterocycles. The van der Waals surface area contributed by atoms with Crippen molar-refractivity contribution in [2.45, 2.75) is 32.9 Å². The van der Waals surface area contributed by atoms with Crippen molar-refractivity contribution >= 4 is 29.9 Å². The predicted octanol–water partition coefficient (Wildman–Crippen LogP) is 1.63. The zero-order valence-corrected chi connectivity index (χ0v) is 14.2. The van der Waals surface area contributed by atoms with Gasteiger partial charge in [-0.05, 0) is 18.8 Å². The number of nitrogens with zero attached hydrogens (tertiary/aromatic N) is 5. The molecule has 6 nitrogen and oxygen atoms in total. The maximum Gasteiger partial charge on any atom is 0.191 e. The Morgan fingerprint density at radius 2 is 2.45 bits per heavy atom. The third-order valence-corrected chi connectivity index (χ3v) is 3.29. The van der Waals surface area contributed by atoms with E-state index < -0.39 is 0 Å². The van der Waals surface area contributed by atoms with Crippen molar-refractivity contribution in [3.05, 3.63) is 24.5 Å². The van der Waals surface area contributed by atoms with Crippen LogP contribution in [0.4, 0.5) is 0 Å². The minimum Gasteiger partial charge on any atom is -0.370 e. The van der Waals surface area contributed by atoms with Gasteiger partial charge in [-0.1, -0.05) is 18.2 Å². The summed E-state index contributed by atoms with van der Waals surface area (Å²) in [4.78, 5) is 6.56. The first kappa shape index (κ1) is 16.9. The second-order valence-corrected chi connectivity index (χ2v) is 5.09. The van der Waals surface area contributed by atoms with Gasteiger partial charge in [0.05, 0.1) is 19.3 Å². The highest BCUT2D eigenvalue weighted by Crippen LogP contribution is 2.15. The van der Waals surface area contributed by atoms with Crippen LogP contribution in [0.2, 0.25) is 0 Å². The van der Waals surface area contributed by atoms with Gasteiger partial charge in [-0.2, -0.15) is 0 Å². The molecule has 1 aliphatic rings. The van der Waals surface area contributed by atoms with Gasteiger partial charge in [-0.25, -0.2) is 9.67 Å². The lowest BCUT2D eigenvalue weighted by Gasteiger charge is -2.31. The zero-order valence-electron chi connectivity index (χ0n) is 11.9. The monoisotopic (exact) mass is 390 g/mol.